The third kappa shape index (κ3) is 4.02. The monoisotopic (exact) mass is 312 g/mol. The third-order valence-corrected chi connectivity index (χ3v) is 4.40. The molecule has 0 aliphatic carbocycles. The molecule has 0 unspecified atom stereocenters. The molecule has 0 aliphatic heterocycles. The number of aromatic nitrogens is 1. The zero-order valence-electron chi connectivity index (χ0n) is 13.2. The maximum absolute atomic E-state index is 7.14. The van der Waals surface area contributed by atoms with Crippen molar-refractivity contribution in [3.05, 3.63) is 59.1 Å². The second kappa shape index (κ2) is 7.86. The predicted octanol–water partition coefficient (Wildman–Crippen LogP) is 5.10. The number of hydrogen-bond acceptors (Lipinski definition) is 3. The van der Waals surface area contributed by atoms with Crippen LogP contribution in [0, 0.1) is 6.57 Å². The minimum atomic E-state index is 0.440. The van der Waals surface area contributed by atoms with Gasteiger partial charge in [0.1, 0.15) is 10.8 Å². The molecule has 1 aromatic carbocycles. The summed E-state index contributed by atoms with van der Waals surface area (Å²) in [5.41, 5.74) is 2.96. The Morgan fingerprint density at radius 3 is 2.82 bits per heavy atom. The quantitative estimate of drug-likeness (QED) is 0.548. The standard InChI is InChI=1S/C18H20N2OS/c1-13(14-6-5-7-16(12-14)21-3)8-9-15-10-11-17(19-2)18(20-15)22-4/h5-7,10-13H,8-9H2,1,3-4H3/t13-/m0/s1. The van der Waals surface area contributed by atoms with E-state index in [0.717, 1.165) is 29.3 Å². The Kier molecular flexibility index (Phi) is 5.85. The molecule has 1 atom stereocenters. The maximum Gasteiger partial charge on any atom is 0.218 e. The first-order valence-corrected chi connectivity index (χ1v) is 8.45. The molecule has 2 rings (SSSR count). The van der Waals surface area contributed by atoms with Crippen LogP contribution in [0.2, 0.25) is 0 Å². The molecule has 0 radical (unpaired) electrons. The molecule has 4 heteroatoms. The van der Waals surface area contributed by atoms with E-state index in [1.54, 1.807) is 7.11 Å². The van der Waals surface area contributed by atoms with Gasteiger partial charge >= 0.3 is 0 Å². The number of hydrogen-bond donors (Lipinski definition) is 0. The molecule has 1 heterocycles. The first-order chi connectivity index (χ1) is 10.7. The van der Waals surface area contributed by atoms with Gasteiger partial charge in [-0.15, -0.1) is 11.8 Å². The van der Waals surface area contributed by atoms with Gasteiger partial charge < -0.3 is 4.74 Å². The van der Waals surface area contributed by atoms with E-state index in [0.29, 0.717) is 11.6 Å². The molecule has 114 valence electrons. The second-order valence-corrected chi connectivity index (χ2v) is 5.95. The lowest BCUT2D eigenvalue weighted by atomic mass is 9.95. The highest BCUT2D eigenvalue weighted by atomic mass is 32.2. The molecule has 0 saturated carbocycles. The Labute approximate surface area is 136 Å². The topological polar surface area (TPSA) is 26.5 Å². The highest BCUT2D eigenvalue weighted by Crippen LogP contribution is 2.28. The summed E-state index contributed by atoms with van der Waals surface area (Å²) < 4.78 is 5.28. The normalized spacial score (nSPS) is 11.7. The van der Waals surface area contributed by atoms with Crippen molar-refractivity contribution in [2.45, 2.75) is 30.7 Å². The van der Waals surface area contributed by atoms with Gasteiger partial charge in [-0.3, -0.25) is 4.98 Å². The van der Waals surface area contributed by atoms with Gasteiger partial charge in [-0.1, -0.05) is 31.2 Å². The summed E-state index contributed by atoms with van der Waals surface area (Å²) in [6, 6.07) is 12.1. The lowest BCUT2D eigenvalue weighted by Gasteiger charge is -2.13. The third-order valence-electron chi connectivity index (χ3n) is 3.71. The predicted molar refractivity (Wildman–Crippen MR) is 92.0 cm³/mol. The summed E-state index contributed by atoms with van der Waals surface area (Å²) in [5.74, 6) is 1.34. The molecule has 0 amide bonds. The first-order valence-electron chi connectivity index (χ1n) is 7.23. The summed E-state index contributed by atoms with van der Waals surface area (Å²) >= 11 is 1.53. The van der Waals surface area contributed by atoms with Crippen LogP contribution in [0.1, 0.15) is 30.5 Å². The van der Waals surface area contributed by atoms with Gasteiger partial charge in [0.15, 0.2) is 0 Å². The summed E-state index contributed by atoms with van der Waals surface area (Å²) in [4.78, 5) is 8.08. The lowest BCUT2D eigenvalue weighted by Crippen LogP contribution is -1.99. The van der Waals surface area contributed by atoms with Crippen molar-refractivity contribution in [2.24, 2.45) is 0 Å². The van der Waals surface area contributed by atoms with Crippen molar-refractivity contribution in [2.75, 3.05) is 13.4 Å². The number of thioether (sulfide) groups is 1. The van der Waals surface area contributed by atoms with E-state index >= 15 is 0 Å². The average molecular weight is 312 g/mol. The van der Waals surface area contributed by atoms with Gasteiger partial charge in [-0.2, -0.15) is 0 Å². The van der Waals surface area contributed by atoms with Gasteiger partial charge in [0, 0.05) is 5.69 Å². The number of ether oxygens (including phenoxy) is 1. The molecule has 22 heavy (non-hydrogen) atoms. The molecule has 0 N–H and O–H groups in total. The first kappa shape index (κ1) is 16.4. The second-order valence-electron chi connectivity index (χ2n) is 5.16. The SMILES string of the molecule is [C-]#[N+]c1ccc(CC[C@H](C)c2cccc(OC)c2)nc1SC. The van der Waals surface area contributed by atoms with Gasteiger partial charge in [0.2, 0.25) is 5.69 Å². The van der Waals surface area contributed by atoms with Crippen molar-refractivity contribution >= 4 is 17.4 Å². The fourth-order valence-electron chi connectivity index (χ4n) is 2.33. The number of methoxy groups -OCH3 is 1. The van der Waals surface area contributed by atoms with Gasteiger partial charge in [0.25, 0.3) is 0 Å². The molecule has 0 saturated heterocycles. The molecule has 1 aromatic heterocycles. The summed E-state index contributed by atoms with van der Waals surface area (Å²) in [6.07, 6.45) is 3.88. The van der Waals surface area contributed by atoms with E-state index in [1.807, 2.05) is 30.5 Å². The molecular formula is C18H20N2OS. The number of nitrogens with zero attached hydrogens (tertiary/aromatic N) is 2. The number of aryl methyl sites for hydroxylation is 1. The number of pyridine rings is 1. The molecular weight excluding hydrogens is 292 g/mol. The van der Waals surface area contributed by atoms with Crippen molar-refractivity contribution in [3.8, 4) is 5.75 Å². The molecule has 0 fully saturated rings. The van der Waals surface area contributed by atoms with E-state index in [2.05, 4.69) is 28.9 Å². The lowest BCUT2D eigenvalue weighted by molar-refractivity contribution is 0.413. The van der Waals surface area contributed by atoms with Crippen LogP contribution in [-0.2, 0) is 6.42 Å². The van der Waals surface area contributed by atoms with E-state index < -0.39 is 0 Å². The maximum atomic E-state index is 7.14. The van der Waals surface area contributed by atoms with Crippen molar-refractivity contribution in [3.63, 3.8) is 0 Å². The summed E-state index contributed by atoms with van der Waals surface area (Å²) in [5, 5.41) is 0.821. The highest BCUT2D eigenvalue weighted by Gasteiger charge is 2.09. The van der Waals surface area contributed by atoms with Crippen LogP contribution in [0.25, 0.3) is 4.85 Å². The zero-order valence-corrected chi connectivity index (χ0v) is 14.0. The van der Waals surface area contributed by atoms with Crippen molar-refractivity contribution in [1.29, 1.82) is 0 Å². The molecule has 0 aliphatic rings. The van der Waals surface area contributed by atoms with Gasteiger partial charge in [0.05, 0.1) is 13.7 Å². The number of benzene rings is 1. The van der Waals surface area contributed by atoms with E-state index in [9.17, 15) is 0 Å². The van der Waals surface area contributed by atoms with Crippen LogP contribution in [-0.4, -0.2) is 18.3 Å². The minimum Gasteiger partial charge on any atom is -0.497 e. The zero-order chi connectivity index (χ0) is 15.9. The molecule has 0 spiro atoms. The van der Waals surface area contributed by atoms with E-state index in [1.165, 1.54) is 17.3 Å². The average Bonchev–Trinajstić information content (AvgIpc) is 2.59. The van der Waals surface area contributed by atoms with Crippen LogP contribution in [0.5, 0.6) is 5.75 Å². The minimum absolute atomic E-state index is 0.440. The fourth-order valence-corrected chi connectivity index (χ4v) is 2.86. The van der Waals surface area contributed by atoms with Crippen molar-refractivity contribution in [1.82, 2.24) is 4.98 Å². The highest BCUT2D eigenvalue weighted by molar-refractivity contribution is 7.98. The Hall–Kier alpha value is -1.99. The van der Waals surface area contributed by atoms with Gasteiger partial charge in [-0.05, 0) is 42.7 Å². The van der Waals surface area contributed by atoms with Crippen LogP contribution in [0.15, 0.2) is 41.4 Å². The summed E-state index contributed by atoms with van der Waals surface area (Å²) in [6.45, 7) is 9.36. The molecule has 3 nitrogen and oxygen atoms in total. The smallest absolute Gasteiger partial charge is 0.218 e. The Balaban J connectivity index is 2.04. The Morgan fingerprint density at radius 2 is 2.14 bits per heavy atom. The van der Waals surface area contributed by atoms with E-state index in [4.69, 9.17) is 11.3 Å². The molecule has 2 aromatic rings. The largest absolute Gasteiger partial charge is 0.497 e. The van der Waals surface area contributed by atoms with Crippen LogP contribution >= 0.6 is 11.8 Å². The van der Waals surface area contributed by atoms with Gasteiger partial charge in [-0.25, -0.2) is 4.85 Å². The van der Waals surface area contributed by atoms with Crippen LogP contribution in [0.4, 0.5) is 5.69 Å². The Morgan fingerprint density at radius 1 is 1.32 bits per heavy atom. The van der Waals surface area contributed by atoms with Crippen LogP contribution in [0.3, 0.4) is 0 Å². The fraction of sp³-hybridized carbons (Fsp3) is 0.333. The summed E-state index contributed by atoms with van der Waals surface area (Å²) in [7, 11) is 1.69. The Bertz CT molecular complexity index is 679. The van der Waals surface area contributed by atoms with E-state index in [-0.39, 0.29) is 0 Å². The molecule has 0 bridgehead atoms. The number of rotatable bonds is 6. The van der Waals surface area contributed by atoms with Crippen molar-refractivity contribution < 1.29 is 4.74 Å². The van der Waals surface area contributed by atoms with Crippen LogP contribution < -0.4 is 4.74 Å².